The molecule has 0 aliphatic heterocycles. The highest BCUT2D eigenvalue weighted by Crippen LogP contribution is 2.32. The highest BCUT2D eigenvalue weighted by molar-refractivity contribution is 9.12. The summed E-state index contributed by atoms with van der Waals surface area (Å²) >= 11 is 8.34. The number of hydrogen-bond acceptors (Lipinski definition) is 5. The quantitative estimate of drug-likeness (QED) is 0.678. The largest absolute Gasteiger partial charge is 0.449 e. The molecule has 1 aromatic heterocycles. The van der Waals surface area contributed by atoms with Crippen molar-refractivity contribution in [2.24, 2.45) is 0 Å². The number of ether oxygens (including phenoxy) is 2. The molecule has 112 valence electrons. The molecule has 0 bridgehead atoms. The van der Waals surface area contributed by atoms with Gasteiger partial charge in [0, 0.05) is 6.42 Å². The van der Waals surface area contributed by atoms with Gasteiger partial charge in [0.25, 0.3) is 0 Å². The molecule has 0 atom stereocenters. The van der Waals surface area contributed by atoms with Gasteiger partial charge in [0.05, 0.1) is 20.8 Å². The van der Waals surface area contributed by atoms with E-state index in [1.165, 1.54) is 0 Å². The first-order chi connectivity index (χ1) is 9.52. The standard InChI is InChI=1S/C12H15Br2NO4S/c1-2-3-5-18-11(16)15-12(17)19-6-4-8-7-9(13)20-10(8)14/h7H,2-6H2,1H3,(H,15,16,17). The molecule has 0 radical (unpaired) electrons. The molecular weight excluding hydrogens is 414 g/mol. The molecule has 1 N–H and O–H groups in total. The number of hydrogen-bond donors (Lipinski definition) is 1. The minimum Gasteiger partial charge on any atom is -0.449 e. The van der Waals surface area contributed by atoms with Crippen molar-refractivity contribution >= 4 is 55.4 Å². The van der Waals surface area contributed by atoms with Crippen molar-refractivity contribution in [2.45, 2.75) is 26.2 Å². The maximum Gasteiger partial charge on any atom is 0.416 e. The molecule has 1 heterocycles. The van der Waals surface area contributed by atoms with Crippen molar-refractivity contribution in [1.29, 1.82) is 0 Å². The third-order valence-corrected chi connectivity index (χ3v) is 4.73. The second-order valence-electron chi connectivity index (χ2n) is 3.85. The van der Waals surface area contributed by atoms with E-state index >= 15 is 0 Å². The number of unbranched alkanes of at least 4 members (excludes halogenated alkanes) is 1. The topological polar surface area (TPSA) is 64.6 Å². The van der Waals surface area contributed by atoms with E-state index in [1.807, 2.05) is 18.3 Å². The van der Waals surface area contributed by atoms with Crippen LogP contribution in [-0.4, -0.2) is 25.4 Å². The number of thiophene rings is 1. The van der Waals surface area contributed by atoms with E-state index in [-0.39, 0.29) is 6.61 Å². The molecule has 1 rings (SSSR count). The van der Waals surface area contributed by atoms with E-state index in [9.17, 15) is 9.59 Å². The molecule has 0 unspecified atom stereocenters. The maximum absolute atomic E-state index is 11.3. The minimum atomic E-state index is -0.795. The van der Waals surface area contributed by atoms with Gasteiger partial charge in [0.2, 0.25) is 0 Å². The lowest BCUT2D eigenvalue weighted by molar-refractivity contribution is 0.124. The zero-order chi connectivity index (χ0) is 15.0. The number of nitrogens with one attached hydrogen (secondary N) is 1. The van der Waals surface area contributed by atoms with Gasteiger partial charge in [-0.25, -0.2) is 14.9 Å². The Balaban J connectivity index is 2.20. The highest BCUT2D eigenvalue weighted by atomic mass is 79.9. The molecule has 0 spiro atoms. The number of rotatable bonds is 6. The fourth-order valence-corrected chi connectivity index (χ4v) is 4.18. The van der Waals surface area contributed by atoms with Gasteiger partial charge in [0.1, 0.15) is 0 Å². The van der Waals surface area contributed by atoms with Crippen LogP contribution < -0.4 is 5.32 Å². The smallest absolute Gasteiger partial charge is 0.416 e. The van der Waals surface area contributed by atoms with E-state index in [1.54, 1.807) is 11.3 Å². The lowest BCUT2D eigenvalue weighted by Crippen LogP contribution is -2.32. The molecule has 0 aliphatic rings. The SMILES string of the molecule is CCCCOC(=O)NC(=O)OCCc1cc(Br)sc1Br. The van der Waals surface area contributed by atoms with Crippen LogP contribution in [0.5, 0.6) is 0 Å². The third kappa shape index (κ3) is 6.71. The fourth-order valence-electron chi connectivity index (χ4n) is 1.26. The van der Waals surface area contributed by atoms with Crippen molar-refractivity contribution < 1.29 is 19.1 Å². The molecule has 0 fully saturated rings. The Morgan fingerprint density at radius 2 is 1.90 bits per heavy atom. The van der Waals surface area contributed by atoms with Gasteiger partial charge in [-0.15, -0.1) is 11.3 Å². The van der Waals surface area contributed by atoms with Crippen LogP contribution in [0.3, 0.4) is 0 Å². The van der Waals surface area contributed by atoms with Crippen LogP contribution in [0.4, 0.5) is 9.59 Å². The summed E-state index contributed by atoms with van der Waals surface area (Å²) in [7, 11) is 0. The van der Waals surface area contributed by atoms with Crippen LogP contribution in [0, 0.1) is 0 Å². The molecule has 2 amide bonds. The number of carbonyl (C=O) groups is 2. The van der Waals surface area contributed by atoms with Crippen molar-refractivity contribution in [3.05, 3.63) is 19.2 Å². The summed E-state index contributed by atoms with van der Waals surface area (Å²) < 4.78 is 11.7. The zero-order valence-corrected chi connectivity index (χ0v) is 14.9. The van der Waals surface area contributed by atoms with Gasteiger partial charge in [-0.3, -0.25) is 0 Å². The maximum atomic E-state index is 11.3. The Hall–Kier alpha value is -0.600. The van der Waals surface area contributed by atoms with Crippen LogP contribution in [-0.2, 0) is 15.9 Å². The predicted molar refractivity (Wildman–Crippen MR) is 84.2 cm³/mol. The van der Waals surface area contributed by atoms with E-state index in [2.05, 4.69) is 31.9 Å². The minimum absolute atomic E-state index is 0.190. The summed E-state index contributed by atoms with van der Waals surface area (Å²) in [6, 6.07) is 1.95. The Bertz CT molecular complexity index is 464. The number of imide groups is 1. The van der Waals surface area contributed by atoms with Gasteiger partial charge in [0.15, 0.2) is 0 Å². The Kier molecular flexibility index (Phi) is 8.16. The molecule has 5 nitrogen and oxygen atoms in total. The van der Waals surface area contributed by atoms with Crippen LogP contribution in [0.25, 0.3) is 0 Å². The summed E-state index contributed by atoms with van der Waals surface area (Å²) in [5.74, 6) is 0. The highest BCUT2D eigenvalue weighted by Gasteiger charge is 2.10. The van der Waals surface area contributed by atoms with Crippen LogP contribution in [0.2, 0.25) is 0 Å². The third-order valence-electron chi connectivity index (χ3n) is 2.27. The van der Waals surface area contributed by atoms with E-state index in [4.69, 9.17) is 9.47 Å². The summed E-state index contributed by atoms with van der Waals surface area (Å²) in [5, 5.41) is 2.00. The molecule has 0 saturated carbocycles. The predicted octanol–water partition coefficient (Wildman–Crippen LogP) is 4.48. The summed E-state index contributed by atoms with van der Waals surface area (Å²) in [6.07, 6.45) is 0.688. The zero-order valence-electron chi connectivity index (χ0n) is 10.9. The second kappa shape index (κ2) is 9.36. The van der Waals surface area contributed by atoms with Crippen molar-refractivity contribution in [2.75, 3.05) is 13.2 Å². The Morgan fingerprint density at radius 3 is 2.45 bits per heavy atom. The first-order valence-electron chi connectivity index (χ1n) is 6.07. The van der Waals surface area contributed by atoms with Crippen LogP contribution in [0.1, 0.15) is 25.3 Å². The Morgan fingerprint density at radius 1 is 1.25 bits per heavy atom. The number of halogens is 2. The lowest BCUT2D eigenvalue weighted by atomic mass is 10.3. The Labute approximate surface area is 138 Å². The van der Waals surface area contributed by atoms with Gasteiger partial charge in [-0.05, 0) is 49.9 Å². The van der Waals surface area contributed by atoms with E-state index in [0.29, 0.717) is 13.0 Å². The van der Waals surface area contributed by atoms with Gasteiger partial charge >= 0.3 is 12.2 Å². The fraction of sp³-hybridized carbons (Fsp3) is 0.500. The summed E-state index contributed by atoms with van der Waals surface area (Å²) in [6.45, 7) is 2.47. The van der Waals surface area contributed by atoms with Crippen molar-refractivity contribution in [1.82, 2.24) is 5.32 Å². The normalized spacial score (nSPS) is 10.2. The van der Waals surface area contributed by atoms with E-state index < -0.39 is 12.2 Å². The van der Waals surface area contributed by atoms with Crippen LogP contribution >= 0.6 is 43.2 Å². The lowest BCUT2D eigenvalue weighted by Gasteiger charge is -2.06. The van der Waals surface area contributed by atoms with Gasteiger partial charge < -0.3 is 9.47 Å². The molecule has 8 heteroatoms. The molecule has 0 aromatic carbocycles. The summed E-state index contributed by atoms with van der Waals surface area (Å²) in [4.78, 5) is 22.5. The average molecular weight is 429 g/mol. The van der Waals surface area contributed by atoms with Crippen LogP contribution in [0.15, 0.2) is 13.6 Å². The number of carbonyl (C=O) groups excluding carboxylic acids is 2. The summed E-state index contributed by atoms with van der Waals surface area (Å²) in [5.41, 5.74) is 1.04. The molecular formula is C12H15Br2NO4S. The second-order valence-corrected chi connectivity index (χ2v) is 7.60. The monoisotopic (exact) mass is 427 g/mol. The number of alkyl carbamates (subject to hydrolysis) is 2. The van der Waals surface area contributed by atoms with E-state index in [0.717, 1.165) is 26.0 Å². The molecule has 0 saturated heterocycles. The number of amides is 2. The molecule has 1 aromatic rings. The molecule has 0 aliphatic carbocycles. The van der Waals surface area contributed by atoms with Gasteiger partial charge in [-0.2, -0.15) is 0 Å². The first kappa shape index (κ1) is 17.5. The van der Waals surface area contributed by atoms with Gasteiger partial charge in [-0.1, -0.05) is 13.3 Å². The molecule has 20 heavy (non-hydrogen) atoms. The van der Waals surface area contributed by atoms with Crippen molar-refractivity contribution in [3.8, 4) is 0 Å². The van der Waals surface area contributed by atoms with Crippen molar-refractivity contribution in [3.63, 3.8) is 0 Å². The first-order valence-corrected chi connectivity index (χ1v) is 8.47. The average Bonchev–Trinajstić information content (AvgIpc) is 2.68.